The van der Waals surface area contributed by atoms with Crippen molar-refractivity contribution in [2.75, 3.05) is 32.8 Å². The molecule has 0 radical (unpaired) electrons. The van der Waals surface area contributed by atoms with Crippen LogP contribution >= 0.6 is 0 Å². The van der Waals surface area contributed by atoms with Gasteiger partial charge in [-0.15, -0.1) is 0 Å². The SMILES string of the molecule is CC1CCC(C)(C)C1(C)C.CCCCCC(CCCCC)CCOC(=O)CCCCCCCN(CCCCO)CCCCCCCC(=O)O. The Morgan fingerprint density at radius 1 is 0.694 bits per heavy atom. The van der Waals surface area contributed by atoms with Crippen molar-refractivity contribution < 1.29 is 24.5 Å². The van der Waals surface area contributed by atoms with Gasteiger partial charge >= 0.3 is 11.9 Å². The number of aliphatic carboxylic acids is 1. The van der Waals surface area contributed by atoms with Gasteiger partial charge in [0.2, 0.25) is 0 Å². The minimum absolute atomic E-state index is 0.0196. The Kier molecular flexibility index (Phi) is 29.8. The van der Waals surface area contributed by atoms with Crippen LogP contribution in [0.25, 0.3) is 0 Å². The van der Waals surface area contributed by atoms with Gasteiger partial charge in [0.1, 0.15) is 0 Å². The highest BCUT2D eigenvalue weighted by Gasteiger charge is 2.45. The molecule has 1 saturated carbocycles. The van der Waals surface area contributed by atoms with E-state index in [4.69, 9.17) is 14.9 Å². The number of hydrogen-bond donors (Lipinski definition) is 2. The summed E-state index contributed by atoms with van der Waals surface area (Å²) in [4.78, 5) is 25.3. The summed E-state index contributed by atoms with van der Waals surface area (Å²) in [6.07, 6.45) is 27.7. The Labute approximate surface area is 305 Å². The molecule has 1 rings (SSSR count). The molecular weight excluding hydrogens is 610 g/mol. The number of carbonyl (C=O) groups is 2. The summed E-state index contributed by atoms with van der Waals surface area (Å²) < 4.78 is 5.58. The lowest BCUT2D eigenvalue weighted by Gasteiger charge is -2.37. The Morgan fingerprint density at radius 3 is 1.61 bits per heavy atom. The third-order valence-electron chi connectivity index (χ3n) is 12.0. The van der Waals surface area contributed by atoms with Crippen LogP contribution in [0.2, 0.25) is 0 Å². The first-order valence-corrected chi connectivity index (χ1v) is 21.1. The second-order valence-electron chi connectivity index (χ2n) is 16.6. The van der Waals surface area contributed by atoms with Crippen molar-refractivity contribution >= 4 is 11.9 Å². The van der Waals surface area contributed by atoms with Crippen LogP contribution in [0, 0.1) is 22.7 Å². The number of nitrogens with zero attached hydrogens (tertiary/aromatic N) is 1. The molecule has 292 valence electrons. The van der Waals surface area contributed by atoms with Crippen LogP contribution in [0.4, 0.5) is 0 Å². The fraction of sp³-hybridized carbons (Fsp3) is 0.953. The molecular formula is C43H85NO5. The minimum atomic E-state index is -0.695. The van der Waals surface area contributed by atoms with E-state index in [0.717, 1.165) is 96.2 Å². The lowest BCUT2D eigenvalue weighted by Crippen LogP contribution is -2.30. The second kappa shape index (κ2) is 30.5. The number of rotatable bonds is 31. The molecule has 0 spiro atoms. The van der Waals surface area contributed by atoms with Gasteiger partial charge in [-0.25, -0.2) is 0 Å². The highest BCUT2D eigenvalue weighted by atomic mass is 16.5. The van der Waals surface area contributed by atoms with E-state index in [1.54, 1.807) is 0 Å². The maximum absolute atomic E-state index is 12.2. The third kappa shape index (κ3) is 25.5. The summed E-state index contributed by atoms with van der Waals surface area (Å²) >= 11 is 0. The Balaban J connectivity index is 0.00000195. The molecule has 0 aromatic carbocycles. The molecule has 1 aliphatic rings. The fourth-order valence-corrected chi connectivity index (χ4v) is 7.20. The molecule has 0 amide bonds. The monoisotopic (exact) mass is 696 g/mol. The molecule has 6 nitrogen and oxygen atoms in total. The molecule has 1 unspecified atom stereocenters. The lowest BCUT2D eigenvalue weighted by molar-refractivity contribution is -0.144. The van der Waals surface area contributed by atoms with E-state index in [9.17, 15) is 9.59 Å². The predicted molar refractivity (Wildman–Crippen MR) is 209 cm³/mol. The van der Waals surface area contributed by atoms with Gasteiger partial charge in [-0.05, 0) is 100 Å². The van der Waals surface area contributed by atoms with Crippen molar-refractivity contribution in [2.24, 2.45) is 22.7 Å². The first kappa shape index (κ1) is 47.9. The van der Waals surface area contributed by atoms with Crippen molar-refractivity contribution in [1.29, 1.82) is 0 Å². The average Bonchev–Trinajstić information content (AvgIpc) is 3.24. The van der Waals surface area contributed by atoms with Crippen LogP contribution in [-0.4, -0.2) is 59.9 Å². The van der Waals surface area contributed by atoms with Crippen LogP contribution in [0.3, 0.4) is 0 Å². The van der Waals surface area contributed by atoms with Gasteiger partial charge in [0.05, 0.1) is 6.61 Å². The zero-order chi connectivity index (χ0) is 36.8. The molecule has 0 aromatic rings. The number of unbranched alkanes of at least 4 members (excludes halogenated alkanes) is 13. The van der Waals surface area contributed by atoms with Crippen LogP contribution in [0.1, 0.15) is 209 Å². The second-order valence-corrected chi connectivity index (χ2v) is 16.6. The van der Waals surface area contributed by atoms with Gasteiger partial charge in [0.25, 0.3) is 0 Å². The van der Waals surface area contributed by atoms with E-state index >= 15 is 0 Å². The zero-order valence-corrected chi connectivity index (χ0v) is 33.9. The van der Waals surface area contributed by atoms with Gasteiger partial charge < -0.3 is 19.8 Å². The molecule has 49 heavy (non-hydrogen) atoms. The van der Waals surface area contributed by atoms with Gasteiger partial charge in [0, 0.05) is 19.4 Å². The first-order chi connectivity index (χ1) is 23.4. The summed E-state index contributed by atoms with van der Waals surface area (Å²) in [5, 5.41) is 17.8. The van der Waals surface area contributed by atoms with Crippen LogP contribution in [-0.2, 0) is 14.3 Å². The van der Waals surface area contributed by atoms with Gasteiger partial charge in [0.15, 0.2) is 0 Å². The highest BCUT2D eigenvalue weighted by Crippen LogP contribution is 2.55. The predicted octanol–water partition coefficient (Wildman–Crippen LogP) is 12.0. The molecule has 2 N–H and O–H groups in total. The van der Waals surface area contributed by atoms with Crippen molar-refractivity contribution in [1.82, 2.24) is 4.90 Å². The highest BCUT2D eigenvalue weighted by molar-refractivity contribution is 5.69. The van der Waals surface area contributed by atoms with Gasteiger partial charge in [-0.1, -0.05) is 138 Å². The van der Waals surface area contributed by atoms with E-state index in [-0.39, 0.29) is 19.0 Å². The van der Waals surface area contributed by atoms with Gasteiger partial charge in [-0.3, -0.25) is 9.59 Å². The van der Waals surface area contributed by atoms with Crippen LogP contribution in [0.5, 0.6) is 0 Å². The van der Waals surface area contributed by atoms with Gasteiger partial charge in [-0.2, -0.15) is 0 Å². The number of aliphatic hydroxyl groups excluding tert-OH is 1. The number of ether oxygens (including phenoxy) is 1. The molecule has 6 heteroatoms. The third-order valence-corrected chi connectivity index (χ3v) is 12.0. The number of esters is 1. The Bertz CT molecular complexity index is 772. The summed E-state index contributed by atoms with van der Waals surface area (Å²) in [6, 6.07) is 0. The quantitative estimate of drug-likeness (QED) is 0.0554. The van der Waals surface area contributed by atoms with E-state index in [2.05, 4.69) is 53.4 Å². The topological polar surface area (TPSA) is 87.1 Å². The maximum Gasteiger partial charge on any atom is 0.305 e. The molecule has 1 fully saturated rings. The molecule has 0 saturated heterocycles. The largest absolute Gasteiger partial charge is 0.481 e. The van der Waals surface area contributed by atoms with Crippen LogP contribution < -0.4 is 0 Å². The number of hydrogen-bond acceptors (Lipinski definition) is 5. The summed E-state index contributed by atoms with van der Waals surface area (Å²) in [6.45, 7) is 20.6. The molecule has 1 aliphatic carbocycles. The molecule has 1 atom stereocenters. The zero-order valence-electron chi connectivity index (χ0n) is 33.9. The van der Waals surface area contributed by atoms with Crippen molar-refractivity contribution in [2.45, 2.75) is 209 Å². The molecule has 0 aromatic heterocycles. The van der Waals surface area contributed by atoms with E-state index < -0.39 is 5.97 Å². The molecule has 0 aliphatic heterocycles. The summed E-state index contributed by atoms with van der Waals surface area (Å²) in [5.41, 5.74) is 1.11. The summed E-state index contributed by atoms with van der Waals surface area (Å²) in [7, 11) is 0. The maximum atomic E-state index is 12.2. The summed E-state index contributed by atoms with van der Waals surface area (Å²) in [5.74, 6) is 0.902. The van der Waals surface area contributed by atoms with Crippen molar-refractivity contribution in [3.63, 3.8) is 0 Å². The minimum Gasteiger partial charge on any atom is -0.481 e. The number of carboxylic acids is 1. The van der Waals surface area contributed by atoms with E-state index in [1.807, 2.05) is 0 Å². The fourth-order valence-electron chi connectivity index (χ4n) is 7.20. The van der Waals surface area contributed by atoms with Crippen molar-refractivity contribution in [3.05, 3.63) is 0 Å². The smallest absolute Gasteiger partial charge is 0.305 e. The number of carbonyl (C=O) groups excluding carboxylic acids is 1. The first-order valence-electron chi connectivity index (χ1n) is 21.1. The standard InChI is InChI=1S/C33H65NO5.C10H20/c1-3-5-13-21-31(22-14-6-4-2)25-30-39-33(38)24-16-10-8-12-18-27-34(28-19-20-29-35)26-17-11-7-9-15-23-32(36)37;1-8-6-7-9(2,3)10(8,4)5/h31,35H,3-30H2,1-2H3,(H,36,37);8H,6-7H2,1-5H3. The van der Waals surface area contributed by atoms with E-state index in [0.29, 0.717) is 29.8 Å². The number of carboxylic acid groups (broad SMARTS) is 1. The lowest BCUT2D eigenvalue weighted by atomic mass is 9.67. The molecule has 0 heterocycles. The number of aliphatic hydroxyl groups is 1. The van der Waals surface area contributed by atoms with Crippen LogP contribution in [0.15, 0.2) is 0 Å². The molecule has 0 bridgehead atoms. The normalized spacial score (nSPS) is 16.6. The van der Waals surface area contributed by atoms with E-state index in [1.165, 1.54) is 77.0 Å². The average molecular weight is 696 g/mol. The van der Waals surface area contributed by atoms with Crippen molar-refractivity contribution in [3.8, 4) is 0 Å². The Hall–Kier alpha value is -1.14. The Morgan fingerprint density at radius 2 is 1.18 bits per heavy atom.